The number of rotatable bonds is 2. The standard InChI is InChI=1S/C15H11N3/c16-10-11-18-14-9-5-4-8-13(14)15(17-18)12-6-2-1-3-7-12/h1-9H,11H2. The molecule has 0 spiro atoms. The second kappa shape index (κ2) is 4.34. The Hall–Kier alpha value is -2.60. The molecular formula is C15H11N3. The Bertz CT molecular complexity index is 720. The predicted molar refractivity (Wildman–Crippen MR) is 70.8 cm³/mol. The SMILES string of the molecule is N#CCn1nc(-c2ccccc2)c2ccccc21. The van der Waals surface area contributed by atoms with Crippen molar-refractivity contribution < 1.29 is 0 Å². The highest BCUT2D eigenvalue weighted by Gasteiger charge is 2.10. The van der Waals surface area contributed by atoms with Gasteiger partial charge in [-0.2, -0.15) is 10.4 Å². The number of hydrogen-bond acceptors (Lipinski definition) is 2. The van der Waals surface area contributed by atoms with Gasteiger partial charge in [0.25, 0.3) is 0 Å². The molecule has 3 heteroatoms. The second-order valence-electron chi connectivity index (χ2n) is 4.05. The zero-order chi connectivity index (χ0) is 12.4. The molecule has 0 aliphatic rings. The number of para-hydroxylation sites is 1. The van der Waals surface area contributed by atoms with Crippen molar-refractivity contribution in [2.24, 2.45) is 0 Å². The molecule has 0 radical (unpaired) electrons. The topological polar surface area (TPSA) is 41.6 Å². The van der Waals surface area contributed by atoms with Gasteiger partial charge in [0.2, 0.25) is 0 Å². The summed E-state index contributed by atoms with van der Waals surface area (Å²) in [5.41, 5.74) is 3.00. The minimum Gasteiger partial charge on any atom is -0.250 e. The van der Waals surface area contributed by atoms with Crippen LogP contribution in [-0.4, -0.2) is 9.78 Å². The monoisotopic (exact) mass is 233 g/mol. The van der Waals surface area contributed by atoms with E-state index in [1.165, 1.54) is 0 Å². The highest BCUT2D eigenvalue weighted by atomic mass is 15.3. The maximum absolute atomic E-state index is 8.85. The minimum atomic E-state index is 0.271. The van der Waals surface area contributed by atoms with Crippen molar-refractivity contribution in [1.29, 1.82) is 5.26 Å². The van der Waals surface area contributed by atoms with Crippen LogP contribution in [0.2, 0.25) is 0 Å². The molecule has 0 unspecified atom stereocenters. The van der Waals surface area contributed by atoms with Crippen molar-refractivity contribution >= 4 is 10.9 Å². The molecule has 3 nitrogen and oxygen atoms in total. The Morgan fingerprint density at radius 2 is 1.72 bits per heavy atom. The predicted octanol–water partition coefficient (Wildman–Crippen LogP) is 3.23. The third kappa shape index (κ3) is 1.64. The summed E-state index contributed by atoms with van der Waals surface area (Å²) in [4.78, 5) is 0. The van der Waals surface area contributed by atoms with Crippen molar-refractivity contribution in [3.05, 3.63) is 54.6 Å². The van der Waals surface area contributed by atoms with Gasteiger partial charge in [0, 0.05) is 10.9 Å². The molecule has 0 saturated heterocycles. The average Bonchev–Trinajstić information content (AvgIpc) is 2.80. The van der Waals surface area contributed by atoms with Crippen LogP contribution in [0.4, 0.5) is 0 Å². The van der Waals surface area contributed by atoms with Crippen LogP contribution in [0.5, 0.6) is 0 Å². The van der Waals surface area contributed by atoms with E-state index in [1.807, 2.05) is 54.6 Å². The number of nitrogens with zero attached hydrogens (tertiary/aromatic N) is 3. The zero-order valence-corrected chi connectivity index (χ0v) is 9.74. The van der Waals surface area contributed by atoms with Crippen LogP contribution >= 0.6 is 0 Å². The molecule has 3 rings (SSSR count). The van der Waals surface area contributed by atoms with Crippen molar-refractivity contribution in [3.63, 3.8) is 0 Å². The molecule has 0 fully saturated rings. The van der Waals surface area contributed by atoms with Gasteiger partial charge in [0.05, 0.1) is 11.6 Å². The van der Waals surface area contributed by atoms with Crippen LogP contribution in [0, 0.1) is 11.3 Å². The van der Waals surface area contributed by atoms with Crippen LogP contribution < -0.4 is 0 Å². The molecular weight excluding hydrogens is 222 g/mol. The van der Waals surface area contributed by atoms with Crippen LogP contribution in [-0.2, 0) is 6.54 Å². The summed E-state index contributed by atoms with van der Waals surface area (Å²) in [6.07, 6.45) is 0. The smallest absolute Gasteiger partial charge is 0.128 e. The van der Waals surface area contributed by atoms with Gasteiger partial charge >= 0.3 is 0 Å². The van der Waals surface area contributed by atoms with Gasteiger partial charge in [-0.1, -0.05) is 48.5 Å². The van der Waals surface area contributed by atoms with Gasteiger partial charge in [-0.3, -0.25) is 4.68 Å². The molecule has 0 aliphatic heterocycles. The first kappa shape index (κ1) is 10.5. The zero-order valence-electron chi connectivity index (χ0n) is 9.74. The van der Waals surface area contributed by atoms with E-state index in [1.54, 1.807) is 4.68 Å². The largest absolute Gasteiger partial charge is 0.250 e. The highest BCUT2D eigenvalue weighted by Crippen LogP contribution is 2.27. The summed E-state index contributed by atoms with van der Waals surface area (Å²) in [6, 6.07) is 20.2. The fourth-order valence-corrected chi connectivity index (χ4v) is 2.12. The third-order valence-electron chi connectivity index (χ3n) is 2.93. The number of fused-ring (bicyclic) bond motifs is 1. The van der Waals surface area contributed by atoms with E-state index in [2.05, 4.69) is 11.2 Å². The molecule has 2 aromatic carbocycles. The molecule has 3 aromatic rings. The Kier molecular flexibility index (Phi) is 2.54. The maximum atomic E-state index is 8.85. The summed E-state index contributed by atoms with van der Waals surface area (Å²) in [5, 5.41) is 14.5. The molecule has 1 aromatic heterocycles. The van der Waals surface area contributed by atoms with Gasteiger partial charge < -0.3 is 0 Å². The van der Waals surface area contributed by atoms with Crippen molar-refractivity contribution in [2.75, 3.05) is 0 Å². The van der Waals surface area contributed by atoms with E-state index >= 15 is 0 Å². The quantitative estimate of drug-likeness (QED) is 0.682. The lowest BCUT2D eigenvalue weighted by molar-refractivity contribution is 0.739. The molecule has 0 bridgehead atoms. The first-order chi connectivity index (χ1) is 8.90. The van der Waals surface area contributed by atoms with Crippen LogP contribution in [0.25, 0.3) is 22.2 Å². The van der Waals surface area contributed by atoms with Gasteiger partial charge in [0.15, 0.2) is 0 Å². The van der Waals surface area contributed by atoms with E-state index in [9.17, 15) is 0 Å². The molecule has 0 atom stereocenters. The Labute approximate surface area is 105 Å². The summed E-state index contributed by atoms with van der Waals surface area (Å²) in [5.74, 6) is 0. The number of benzene rings is 2. The Morgan fingerprint density at radius 1 is 1.00 bits per heavy atom. The lowest BCUT2D eigenvalue weighted by atomic mass is 10.1. The summed E-state index contributed by atoms with van der Waals surface area (Å²) in [7, 11) is 0. The van der Waals surface area contributed by atoms with Crippen LogP contribution in [0.15, 0.2) is 54.6 Å². The molecule has 0 aliphatic carbocycles. The van der Waals surface area contributed by atoms with E-state index in [4.69, 9.17) is 5.26 Å². The first-order valence-corrected chi connectivity index (χ1v) is 5.78. The van der Waals surface area contributed by atoms with E-state index in [0.717, 1.165) is 22.2 Å². The van der Waals surface area contributed by atoms with E-state index < -0.39 is 0 Å². The average molecular weight is 233 g/mol. The molecule has 18 heavy (non-hydrogen) atoms. The lowest BCUT2D eigenvalue weighted by Gasteiger charge is -1.95. The fourth-order valence-electron chi connectivity index (χ4n) is 2.12. The molecule has 86 valence electrons. The second-order valence-corrected chi connectivity index (χ2v) is 4.05. The van der Waals surface area contributed by atoms with Crippen molar-refractivity contribution in [3.8, 4) is 17.3 Å². The molecule has 1 heterocycles. The summed E-state index contributed by atoms with van der Waals surface area (Å²) in [6.45, 7) is 0.271. The normalized spacial score (nSPS) is 10.4. The van der Waals surface area contributed by atoms with Crippen molar-refractivity contribution in [2.45, 2.75) is 6.54 Å². The van der Waals surface area contributed by atoms with Crippen LogP contribution in [0.3, 0.4) is 0 Å². The first-order valence-electron chi connectivity index (χ1n) is 5.78. The maximum Gasteiger partial charge on any atom is 0.128 e. The van der Waals surface area contributed by atoms with E-state index in [0.29, 0.717) is 0 Å². The minimum absolute atomic E-state index is 0.271. The Balaban J connectivity index is 2.28. The van der Waals surface area contributed by atoms with Gasteiger partial charge in [-0.15, -0.1) is 0 Å². The lowest BCUT2D eigenvalue weighted by Crippen LogP contribution is -1.97. The number of nitriles is 1. The molecule has 0 saturated carbocycles. The third-order valence-corrected chi connectivity index (χ3v) is 2.93. The molecule has 0 amide bonds. The summed E-state index contributed by atoms with van der Waals surface area (Å²) < 4.78 is 1.75. The highest BCUT2D eigenvalue weighted by molar-refractivity contribution is 5.93. The van der Waals surface area contributed by atoms with Crippen LogP contribution in [0.1, 0.15) is 0 Å². The molecule has 0 N–H and O–H groups in total. The summed E-state index contributed by atoms with van der Waals surface area (Å²) >= 11 is 0. The van der Waals surface area contributed by atoms with Gasteiger partial charge in [0.1, 0.15) is 12.2 Å². The van der Waals surface area contributed by atoms with E-state index in [-0.39, 0.29) is 6.54 Å². The van der Waals surface area contributed by atoms with Gasteiger partial charge in [-0.05, 0) is 6.07 Å². The Morgan fingerprint density at radius 3 is 2.50 bits per heavy atom. The van der Waals surface area contributed by atoms with Gasteiger partial charge in [-0.25, -0.2) is 0 Å². The van der Waals surface area contributed by atoms with Crippen molar-refractivity contribution in [1.82, 2.24) is 9.78 Å². The fraction of sp³-hybridized carbons (Fsp3) is 0.0667. The number of aromatic nitrogens is 2. The number of hydrogen-bond donors (Lipinski definition) is 0.